The van der Waals surface area contributed by atoms with E-state index in [2.05, 4.69) is 15.6 Å². The molecule has 3 rings (SSSR count). The van der Waals surface area contributed by atoms with Crippen LogP contribution in [0.15, 0.2) is 48.4 Å². The summed E-state index contributed by atoms with van der Waals surface area (Å²) in [5, 5.41) is 11.1. The van der Waals surface area contributed by atoms with E-state index in [0.717, 1.165) is 18.5 Å². The molecule has 0 aliphatic carbocycles. The normalized spacial score (nSPS) is 15.6. The van der Waals surface area contributed by atoms with Gasteiger partial charge in [0, 0.05) is 0 Å². The summed E-state index contributed by atoms with van der Waals surface area (Å²) >= 11 is 0. The molecule has 0 unspecified atom stereocenters. The van der Waals surface area contributed by atoms with Crippen LogP contribution in [-0.2, 0) is 9.53 Å². The van der Waals surface area contributed by atoms with Crippen molar-refractivity contribution in [1.82, 2.24) is 20.3 Å². The third-order valence-corrected chi connectivity index (χ3v) is 3.48. The third kappa shape index (κ3) is 3.16. The Kier molecular flexibility index (Phi) is 4.18. The standard InChI is InChI=1S/C16H18N4O2/c1-12(17-16(21)15-9-5-6-10-22-15)14-11-20(19-18-14)13-7-3-2-4-8-13/h2-4,7-9,11-12H,5-6,10H2,1H3,(H,17,21)/t12-/m1/s1. The maximum absolute atomic E-state index is 12.1. The fourth-order valence-electron chi connectivity index (χ4n) is 2.24. The molecule has 0 fully saturated rings. The summed E-state index contributed by atoms with van der Waals surface area (Å²) in [6, 6.07) is 9.48. The number of nitrogens with zero attached hydrogens (tertiary/aromatic N) is 3. The third-order valence-electron chi connectivity index (χ3n) is 3.48. The predicted octanol–water partition coefficient (Wildman–Crippen LogP) is 2.14. The van der Waals surface area contributed by atoms with Gasteiger partial charge in [-0.05, 0) is 38.0 Å². The van der Waals surface area contributed by atoms with Gasteiger partial charge >= 0.3 is 0 Å². The Labute approximate surface area is 128 Å². The molecular formula is C16H18N4O2. The Morgan fingerprint density at radius 1 is 1.36 bits per heavy atom. The van der Waals surface area contributed by atoms with Crippen molar-refractivity contribution in [1.29, 1.82) is 0 Å². The van der Waals surface area contributed by atoms with Crippen molar-refractivity contribution in [2.24, 2.45) is 0 Å². The van der Waals surface area contributed by atoms with E-state index in [1.807, 2.05) is 49.5 Å². The highest BCUT2D eigenvalue weighted by molar-refractivity contribution is 5.91. The number of hydrogen-bond donors (Lipinski definition) is 1. The van der Waals surface area contributed by atoms with Gasteiger partial charge in [0.1, 0.15) is 5.69 Å². The molecule has 1 aromatic carbocycles. The average Bonchev–Trinajstić information content (AvgIpc) is 3.06. The number of carbonyl (C=O) groups excluding carboxylic acids is 1. The van der Waals surface area contributed by atoms with Crippen LogP contribution in [0.25, 0.3) is 5.69 Å². The first-order chi connectivity index (χ1) is 10.7. The van der Waals surface area contributed by atoms with Gasteiger partial charge in [-0.3, -0.25) is 4.79 Å². The Morgan fingerprint density at radius 3 is 2.91 bits per heavy atom. The molecule has 22 heavy (non-hydrogen) atoms. The van der Waals surface area contributed by atoms with Crippen molar-refractivity contribution < 1.29 is 9.53 Å². The fraction of sp³-hybridized carbons (Fsp3) is 0.312. The molecule has 1 aliphatic heterocycles. The minimum Gasteiger partial charge on any atom is -0.488 e. The summed E-state index contributed by atoms with van der Waals surface area (Å²) in [6.45, 7) is 2.47. The molecule has 2 heterocycles. The highest BCUT2D eigenvalue weighted by atomic mass is 16.5. The topological polar surface area (TPSA) is 69.0 Å². The Hall–Kier alpha value is -2.63. The lowest BCUT2D eigenvalue weighted by Crippen LogP contribution is -2.30. The quantitative estimate of drug-likeness (QED) is 0.939. The minimum absolute atomic E-state index is 0.207. The maximum Gasteiger partial charge on any atom is 0.286 e. The summed E-state index contributed by atoms with van der Waals surface area (Å²) in [5.74, 6) is 0.190. The summed E-state index contributed by atoms with van der Waals surface area (Å²) in [6.07, 6.45) is 5.47. The lowest BCUT2D eigenvalue weighted by molar-refractivity contribution is -0.121. The molecule has 6 heteroatoms. The van der Waals surface area contributed by atoms with Crippen LogP contribution in [0.3, 0.4) is 0 Å². The monoisotopic (exact) mass is 298 g/mol. The summed E-state index contributed by atoms with van der Waals surface area (Å²) in [7, 11) is 0. The molecule has 1 atom stereocenters. The first-order valence-corrected chi connectivity index (χ1v) is 7.35. The molecule has 2 aromatic rings. The molecule has 6 nitrogen and oxygen atoms in total. The van der Waals surface area contributed by atoms with Crippen molar-refractivity contribution in [2.45, 2.75) is 25.8 Å². The smallest absolute Gasteiger partial charge is 0.286 e. The molecule has 1 N–H and O–H groups in total. The molecule has 0 saturated carbocycles. The van der Waals surface area contributed by atoms with Gasteiger partial charge < -0.3 is 10.1 Å². The zero-order chi connectivity index (χ0) is 15.4. The summed E-state index contributed by atoms with van der Waals surface area (Å²) < 4.78 is 7.05. The second-order valence-corrected chi connectivity index (χ2v) is 5.18. The van der Waals surface area contributed by atoms with E-state index in [-0.39, 0.29) is 11.9 Å². The van der Waals surface area contributed by atoms with E-state index in [9.17, 15) is 4.79 Å². The van der Waals surface area contributed by atoms with Gasteiger partial charge in [-0.15, -0.1) is 5.10 Å². The molecule has 114 valence electrons. The van der Waals surface area contributed by atoms with E-state index >= 15 is 0 Å². The number of ether oxygens (including phenoxy) is 1. The van der Waals surface area contributed by atoms with E-state index in [4.69, 9.17) is 4.74 Å². The molecular weight excluding hydrogens is 280 g/mol. The number of nitrogens with one attached hydrogen (secondary N) is 1. The van der Waals surface area contributed by atoms with Crippen LogP contribution in [0, 0.1) is 0 Å². The van der Waals surface area contributed by atoms with Crippen LogP contribution < -0.4 is 5.32 Å². The number of benzene rings is 1. The van der Waals surface area contributed by atoms with Crippen molar-refractivity contribution in [3.63, 3.8) is 0 Å². The average molecular weight is 298 g/mol. The SMILES string of the molecule is C[C@@H](NC(=O)C1=CCCCO1)c1cn(-c2ccccc2)nn1. The highest BCUT2D eigenvalue weighted by Gasteiger charge is 2.18. The molecule has 1 amide bonds. The van der Waals surface area contributed by atoms with Crippen LogP contribution in [0.5, 0.6) is 0 Å². The first-order valence-electron chi connectivity index (χ1n) is 7.35. The van der Waals surface area contributed by atoms with Crippen molar-refractivity contribution in [2.75, 3.05) is 6.61 Å². The fourth-order valence-corrected chi connectivity index (χ4v) is 2.24. The second kappa shape index (κ2) is 6.43. The van der Waals surface area contributed by atoms with Crippen LogP contribution in [0.2, 0.25) is 0 Å². The lowest BCUT2D eigenvalue weighted by atomic mass is 10.2. The van der Waals surface area contributed by atoms with Crippen molar-refractivity contribution >= 4 is 5.91 Å². The maximum atomic E-state index is 12.1. The van der Waals surface area contributed by atoms with Gasteiger partial charge in [0.25, 0.3) is 5.91 Å². The number of rotatable bonds is 4. The molecule has 0 saturated heterocycles. The van der Waals surface area contributed by atoms with Gasteiger partial charge in [-0.1, -0.05) is 23.4 Å². The van der Waals surface area contributed by atoms with Gasteiger partial charge in [-0.2, -0.15) is 0 Å². The number of hydrogen-bond acceptors (Lipinski definition) is 4. The highest BCUT2D eigenvalue weighted by Crippen LogP contribution is 2.14. The van der Waals surface area contributed by atoms with Gasteiger partial charge in [0.15, 0.2) is 5.76 Å². The number of amides is 1. The molecule has 0 spiro atoms. The summed E-state index contributed by atoms with van der Waals surface area (Å²) in [4.78, 5) is 12.1. The predicted molar refractivity (Wildman–Crippen MR) is 81.2 cm³/mol. The Morgan fingerprint density at radius 2 is 2.18 bits per heavy atom. The van der Waals surface area contributed by atoms with Crippen LogP contribution in [0.4, 0.5) is 0 Å². The second-order valence-electron chi connectivity index (χ2n) is 5.18. The van der Waals surface area contributed by atoms with Crippen molar-refractivity contribution in [3.05, 3.63) is 54.1 Å². The minimum atomic E-state index is -0.239. The number of para-hydroxylation sites is 1. The largest absolute Gasteiger partial charge is 0.488 e. The van der Waals surface area contributed by atoms with E-state index in [1.54, 1.807) is 4.68 Å². The van der Waals surface area contributed by atoms with Crippen LogP contribution in [-0.4, -0.2) is 27.5 Å². The van der Waals surface area contributed by atoms with Crippen LogP contribution in [0.1, 0.15) is 31.5 Å². The van der Waals surface area contributed by atoms with E-state index < -0.39 is 0 Å². The molecule has 1 aliphatic rings. The van der Waals surface area contributed by atoms with Gasteiger partial charge in [0.05, 0.1) is 24.5 Å². The number of allylic oxidation sites excluding steroid dienone is 1. The molecule has 0 bridgehead atoms. The van der Waals surface area contributed by atoms with E-state index in [1.165, 1.54) is 0 Å². The molecule has 0 radical (unpaired) electrons. The van der Waals surface area contributed by atoms with Gasteiger partial charge in [0.2, 0.25) is 0 Å². The lowest BCUT2D eigenvalue weighted by Gasteiger charge is -2.16. The van der Waals surface area contributed by atoms with Crippen LogP contribution >= 0.6 is 0 Å². The summed E-state index contributed by atoms with van der Waals surface area (Å²) in [5.41, 5.74) is 1.63. The number of aromatic nitrogens is 3. The zero-order valence-electron chi connectivity index (χ0n) is 12.4. The number of carbonyl (C=O) groups is 1. The molecule has 1 aromatic heterocycles. The van der Waals surface area contributed by atoms with Gasteiger partial charge in [-0.25, -0.2) is 4.68 Å². The van der Waals surface area contributed by atoms with Crippen molar-refractivity contribution in [3.8, 4) is 5.69 Å². The first kappa shape index (κ1) is 14.3. The zero-order valence-corrected chi connectivity index (χ0v) is 12.4. The Bertz CT molecular complexity index is 678. The van der Waals surface area contributed by atoms with E-state index in [0.29, 0.717) is 18.1 Å². The Balaban J connectivity index is 1.68.